The number of carbonyl (C=O) groups is 1. The van der Waals surface area contributed by atoms with Crippen molar-refractivity contribution in [1.82, 2.24) is 4.98 Å². The quantitative estimate of drug-likeness (QED) is 0.773. The highest BCUT2D eigenvalue weighted by atomic mass is 16.5. The van der Waals surface area contributed by atoms with Crippen LogP contribution in [0.4, 0.5) is 5.69 Å². The van der Waals surface area contributed by atoms with E-state index in [2.05, 4.69) is 20.7 Å². The Morgan fingerprint density at radius 2 is 2.11 bits per heavy atom. The third-order valence-electron chi connectivity index (χ3n) is 3.14. The molecule has 0 aliphatic heterocycles. The molecule has 0 radical (unpaired) electrons. The van der Waals surface area contributed by atoms with Crippen LogP contribution in [0.15, 0.2) is 36.5 Å². The molecule has 0 saturated heterocycles. The lowest BCUT2D eigenvalue weighted by atomic mass is 10.1. The van der Waals surface area contributed by atoms with Crippen LogP contribution < -0.4 is 4.90 Å². The Labute approximate surface area is 113 Å². The molecule has 1 aromatic heterocycles. The Bertz CT molecular complexity index is 564. The molecule has 0 saturated carbocycles. The number of anilines is 1. The summed E-state index contributed by atoms with van der Waals surface area (Å²) in [5.41, 5.74) is 2.12. The lowest BCUT2D eigenvalue weighted by Gasteiger charge is -2.20. The van der Waals surface area contributed by atoms with E-state index in [0.29, 0.717) is 6.42 Å². The maximum absolute atomic E-state index is 11.1. The predicted octanol–water partition coefficient (Wildman–Crippen LogP) is 2.62. The van der Waals surface area contributed by atoms with Crippen LogP contribution >= 0.6 is 0 Å². The van der Waals surface area contributed by atoms with E-state index in [1.54, 1.807) is 0 Å². The molecular weight excluding hydrogens is 240 g/mol. The number of nitrogens with zero attached hydrogens (tertiary/aromatic N) is 2. The first-order valence-corrected chi connectivity index (χ1v) is 6.34. The van der Waals surface area contributed by atoms with E-state index in [0.717, 1.165) is 29.6 Å². The number of methoxy groups -OCH3 is 1. The average molecular weight is 258 g/mol. The number of carbonyl (C=O) groups excluding carboxylic acids is 1. The van der Waals surface area contributed by atoms with Gasteiger partial charge >= 0.3 is 5.97 Å². The summed E-state index contributed by atoms with van der Waals surface area (Å²) in [5.74, 6) is -0.159. The van der Waals surface area contributed by atoms with Crippen molar-refractivity contribution in [2.75, 3.05) is 25.6 Å². The largest absolute Gasteiger partial charge is 0.469 e. The summed E-state index contributed by atoms with van der Waals surface area (Å²) in [4.78, 5) is 17.6. The van der Waals surface area contributed by atoms with Crippen molar-refractivity contribution in [3.8, 4) is 0 Å². The molecule has 1 aromatic carbocycles. The molecule has 0 N–H and O–H groups in total. The highest BCUT2D eigenvalue weighted by Crippen LogP contribution is 2.24. The third-order valence-corrected chi connectivity index (χ3v) is 3.14. The van der Waals surface area contributed by atoms with E-state index in [1.165, 1.54) is 7.11 Å². The standard InChI is InChI=1S/C15H18N2O2/c1-17(11-5-8-15(18)19-2)14-9-10-16-13-7-4-3-6-12(13)14/h3-4,6-7,9-10H,5,8,11H2,1-2H3. The molecule has 1 heterocycles. The number of hydrogen-bond acceptors (Lipinski definition) is 4. The van der Waals surface area contributed by atoms with E-state index in [-0.39, 0.29) is 5.97 Å². The Balaban J connectivity index is 2.09. The molecule has 2 aromatic rings. The van der Waals surface area contributed by atoms with E-state index in [1.807, 2.05) is 37.5 Å². The van der Waals surface area contributed by atoms with Gasteiger partial charge in [0.05, 0.1) is 12.6 Å². The summed E-state index contributed by atoms with van der Waals surface area (Å²) in [7, 11) is 3.45. The zero-order valence-corrected chi connectivity index (χ0v) is 11.3. The van der Waals surface area contributed by atoms with Crippen LogP contribution in [-0.2, 0) is 9.53 Å². The minimum absolute atomic E-state index is 0.159. The van der Waals surface area contributed by atoms with Gasteiger partial charge in [-0.05, 0) is 18.6 Å². The number of para-hydroxylation sites is 1. The molecule has 0 spiro atoms. The van der Waals surface area contributed by atoms with Gasteiger partial charge in [0, 0.05) is 37.3 Å². The number of pyridine rings is 1. The fraction of sp³-hybridized carbons (Fsp3) is 0.333. The predicted molar refractivity (Wildman–Crippen MR) is 76.3 cm³/mol. The highest BCUT2D eigenvalue weighted by Gasteiger charge is 2.07. The van der Waals surface area contributed by atoms with E-state index >= 15 is 0 Å². The summed E-state index contributed by atoms with van der Waals surface area (Å²) in [6.07, 6.45) is 3.04. The molecule has 4 heteroatoms. The van der Waals surface area contributed by atoms with Crippen LogP contribution in [0, 0.1) is 0 Å². The second kappa shape index (κ2) is 6.18. The zero-order valence-electron chi connectivity index (χ0n) is 11.3. The molecule has 0 amide bonds. The monoisotopic (exact) mass is 258 g/mol. The van der Waals surface area contributed by atoms with Crippen molar-refractivity contribution in [3.05, 3.63) is 36.5 Å². The van der Waals surface area contributed by atoms with Crippen LogP contribution in [0.1, 0.15) is 12.8 Å². The van der Waals surface area contributed by atoms with Gasteiger partial charge in [0.2, 0.25) is 0 Å². The van der Waals surface area contributed by atoms with Crippen molar-refractivity contribution < 1.29 is 9.53 Å². The lowest BCUT2D eigenvalue weighted by Crippen LogP contribution is -2.19. The topological polar surface area (TPSA) is 42.4 Å². The van der Waals surface area contributed by atoms with Crippen LogP contribution in [0.25, 0.3) is 10.9 Å². The molecule has 0 bridgehead atoms. The van der Waals surface area contributed by atoms with Crippen molar-refractivity contribution in [1.29, 1.82) is 0 Å². The van der Waals surface area contributed by atoms with Gasteiger partial charge < -0.3 is 9.64 Å². The maximum Gasteiger partial charge on any atom is 0.305 e. The fourth-order valence-corrected chi connectivity index (χ4v) is 2.10. The number of hydrogen-bond donors (Lipinski definition) is 0. The normalized spacial score (nSPS) is 10.4. The zero-order chi connectivity index (χ0) is 13.7. The number of esters is 1. The fourth-order valence-electron chi connectivity index (χ4n) is 2.10. The van der Waals surface area contributed by atoms with Crippen LogP contribution in [0.5, 0.6) is 0 Å². The Kier molecular flexibility index (Phi) is 4.34. The molecular formula is C15H18N2O2. The minimum Gasteiger partial charge on any atom is -0.469 e. The van der Waals surface area contributed by atoms with Crippen LogP contribution in [0.3, 0.4) is 0 Å². The second-order valence-electron chi connectivity index (χ2n) is 4.45. The summed E-state index contributed by atoms with van der Waals surface area (Å²) in [5, 5.41) is 1.13. The van der Waals surface area contributed by atoms with Gasteiger partial charge in [0.15, 0.2) is 0 Å². The molecule has 4 nitrogen and oxygen atoms in total. The van der Waals surface area contributed by atoms with Crippen molar-refractivity contribution in [2.45, 2.75) is 12.8 Å². The van der Waals surface area contributed by atoms with Gasteiger partial charge in [-0.15, -0.1) is 0 Å². The number of ether oxygens (including phenoxy) is 1. The number of rotatable bonds is 5. The van der Waals surface area contributed by atoms with Crippen LogP contribution in [0.2, 0.25) is 0 Å². The lowest BCUT2D eigenvalue weighted by molar-refractivity contribution is -0.140. The van der Waals surface area contributed by atoms with Crippen molar-refractivity contribution in [2.24, 2.45) is 0 Å². The molecule has 0 fully saturated rings. The summed E-state index contributed by atoms with van der Waals surface area (Å²) in [6.45, 7) is 0.809. The summed E-state index contributed by atoms with van der Waals surface area (Å²) >= 11 is 0. The molecule has 19 heavy (non-hydrogen) atoms. The molecule has 100 valence electrons. The smallest absolute Gasteiger partial charge is 0.305 e. The van der Waals surface area contributed by atoms with Gasteiger partial charge in [-0.3, -0.25) is 9.78 Å². The molecule has 0 aliphatic rings. The molecule has 0 unspecified atom stereocenters. The highest BCUT2D eigenvalue weighted by molar-refractivity contribution is 5.91. The van der Waals surface area contributed by atoms with Gasteiger partial charge in [-0.2, -0.15) is 0 Å². The summed E-state index contributed by atoms with van der Waals surface area (Å²) in [6, 6.07) is 10.1. The number of fused-ring (bicyclic) bond motifs is 1. The molecule has 0 atom stereocenters. The SMILES string of the molecule is COC(=O)CCCN(C)c1ccnc2ccccc12. The van der Waals surface area contributed by atoms with E-state index in [4.69, 9.17) is 0 Å². The Hall–Kier alpha value is -2.10. The van der Waals surface area contributed by atoms with E-state index in [9.17, 15) is 4.79 Å². The Morgan fingerprint density at radius 1 is 1.32 bits per heavy atom. The maximum atomic E-state index is 11.1. The Morgan fingerprint density at radius 3 is 2.89 bits per heavy atom. The first-order valence-electron chi connectivity index (χ1n) is 6.34. The van der Waals surface area contributed by atoms with Crippen molar-refractivity contribution >= 4 is 22.6 Å². The molecule has 2 rings (SSSR count). The first kappa shape index (κ1) is 13.3. The third kappa shape index (κ3) is 3.22. The second-order valence-corrected chi connectivity index (χ2v) is 4.45. The number of aromatic nitrogens is 1. The number of benzene rings is 1. The van der Waals surface area contributed by atoms with Gasteiger partial charge in [0.1, 0.15) is 0 Å². The average Bonchev–Trinajstić information content (AvgIpc) is 2.46. The molecule has 0 aliphatic carbocycles. The van der Waals surface area contributed by atoms with Crippen molar-refractivity contribution in [3.63, 3.8) is 0 Å². The van der Waals surface area contributed by atoms with Crippen LogP contribution in [-0.4, -0.2) is 31.7 Å². The minimum atomic E-state index is -0.159. The first-order chi connectivity index (χ1) is 9.22. The van der Waals surface area contributed by atoms with Gasteiger partial charge in [-0.1, -0.05) is 18.2 Å². The van der Waals surface area contributed by atoms with Gasteiger partial charge in [-0.25, -0.2) is 0 Å². The summed E-state index contributed by atoms with van der Waals surface area (Å²) < 4.78 is 4.64. The van der Waals surface area contributed by atoms with E-state index < -0.39 is 0 Å². The van der Waals surface area contributed by atoms with Gasteiger partial charge in [0.25, 0.3) is 0 Å².